The molecule has 0 aromatic carbocycles. The topological polar surface area (TPSA) is 54.5 Å². The van der Waals surface area contributed by atoms with E-state index < -0.39 is 0 Å². The third kappa shape index (κ3) is 2.32. The molecule has 2 saturated heterocycles. The van der Waals surface area contributed by atoms with Crippen LogP contribution < -0.4 is 5.32 Å². The highest BCUT2D eigenvalue weighted by molar-refractivity contribution is 5.80. The highest BCUT2D eigenvalue weighted by atomic mass is 16.7. The monoisotopic (exact) mass is 301 g/mol. The van der Waals surface area contributed by atoms with Gasteiger partial charge in [0.1, 0.15) is 0 Å². The second-order valence-electron chi connectivity index (χ2n) is 6.92. The summed E-state index contributed by atoms with van der Waals surface area (Å²) in [7, 11) is 0. The number of rotatable bonds is 2. The number of aryl methyl sites for hydroxylation is 1. The molecule has 3 heterocycles. The number of hydrogen-bond donors (Lipinski definition) is 1. The fourth-order valence-corrected chi connectivity index (χ4v) is 3.90. The van der Waals surface area contributed by atoms with Gasteiger partial charge in [0.15, 0.2) is 0 Å². The van der Waals surface area contributed by atoms with Gasteiger partial charge >= 0.3 is 0 Å². The predicted molar refractivity (Wildman–Crippen MR) is 81.8 cm³/mol. The summed E-state index contributed by atoms with van der Waals surface area (Å²) in [5.41, 5.74) is 2.28. The number of hydrogen-bond acceptors (Lipinski definition) is 4. The molecule has 5 nitrogen and oxygen atoms in total. The fourth-order valence-electron chi connectivity index (χ4n) is 3.90. The van der Waals surface area contributed by atoms with Crippen molar-refractivity contribution >= 4 is 5.91 Å². The first-order valence-corrected chi connectivity index (χ1v) is 8.29. The minimum absolute atomic E-state index is 0.0197. The number of carbonyl (C=O) groups excluding carboxylic acids is 1. The highest BCUT2D eigenvalue weighted by Crippen LogP contribution is 2.55. The Morgan fingerprint density at radius 3 is 3.00 bits per heavy atom. The molecular formula is C17H23N3O2. The van der Waals surface area contributed by atoms with Gasteiger partial charge in [-0.25, -0.2) is 5.06 Å². The molecule has 2 aliphatic heterocycles. The van der Waals surface area contributed by atoms with Crippen molar-refractivity contribution in [2.24, 2.45) is 11.3 Å². The van der Waals surface area contributed by atoms with Gasteiger partial charge in [0.05, 0.1) is 12.6 Å². The van der Waals surface area contributed by atoms with E-state index in [0.29, 0.717) is 6.61 Å². The summed E-state index contributed by atoms with van der Waals surface area (Å²) in [5.74, 6) is 0.301. The van der Waals surface area contributed by atoms with Crippen molar-refractivity contribution in [2.75, 3.05) is 19.7 Å². The van der Waals surface area contributed by atoms with Gasteiger partial charge in [0, 0.05) is 30.8 Å². The third-order valence-corrected chi connectivity index (χ3v) is 5.46. The van der Waals surface area contributed by atoms with E-state index in [2.05, 4.69) is 16.4 Å². The number of carbonyl (C=O) groups is 1. The Kier molecular flexibility index (Phi) is 3.42. The molecule has 118 valence electrons. The lowest BCUT2D eigenvalue weighted by atomic mass is 9.82. The molecule has 22 heavy (non-hydrogen) atoms. The molecule has 1 N–H and O–H groups in total. The zero-order chi connectivity index (χ0) is 15.2. The molecule has 1 unspecified atom stereocenters. The van der Waals surface area contributed by atoms with Crippen molar-refractivity contribution in [1.29, 1.82) is 0 Å². The van der Waals surface area contributed by atoms with Gasteiger partial charge in [0.2, 0.25) is 5.91 Å². The molecule has 3 fully saturated rings. The van der Waals surface area contributed by atoms with Gasteiger partial charge < -0.3 is 5.32 Å². The number of nitrogens with zero attached hydrogens (tertiary/aromatic N) is 2. The van der Waals surface area contributed by atoms with Crippen LogP contribution in [-0.2, 0) is 9.63 Å². The number of pyridine rings is 1. The quantitative estimate of drug-likeness (QED) is 0.907. The van der Waals surface area contributed by atoms with Crippen molar-refractivity contribution in [3.63, 3.8) is 0 Å². The summed E-state index contributed by atoms with van der Waals surface area (Å²) in [6, 6.07) is 4.09. The maximum absolute atomic E-state index is 13.1. The normalized spacial score (nSPS) is 29.8. The van der Waals surface area contributed by atoms with Crippen molar-refractivity contribution in [3.8, 4) is 0 Å². The van der Waals surface area contributed by atoms with Crippen molar-refractivity contribution < 1.29 is 9.63 Å². The van der Waals surface area contributed by atoms with E-state index in [1.807, 2.05) is 19.2 Å². The Hall–Kier alpha value is -1.46. The summed E-state index contributed by atoms with van der Waals surface area (Å²) in [4.78, 5) is 23.1. The Morgan fingerprint density at radius 1 is 1.41 bits per heavy atom. The van der Waals surface area contributed by atoms with E-state index in [0.717, 1.165) is 37.2 Å². The molecule has 1 aromatic heterocycles. The average molecular weight is 301 g/mol. The molecule has 4 rings (SSSR count). The van der Waals surface area contributed by atoms with E-state index in [4.69, 9.17) is 4.84 Å². The molecule has 1 saturated carbocycles. The van der Waals surface area contributed by atoms with E-state index >= 15 is 0 Å². The lowest BCUT2D eigenvalue weighted by Gasteiger charge is -2.35. The molecular weight excluding hydrogens is 278 g/mol. The number of piperidine rings is 1. The Bertz CT molecular complexity index is 568. The summed E-state index contributed by atoms with van der Waals surface area (Å²) in [6.07, 6.45) is 6.00. The Balaban J connectivity index is 1.55. The number of nitrogens with one attached hydrogen (secondary N) is 1. The Labute approximate surface area is 131 Å². The summed E-state index contributed by atoms with van der Waals surface area (Å²) in [6.45, 7) is 4.50. The maximum Gasteiger partial charge on any atom is 0.250 e. The standard InChI is InChI=1S/C17H23N3O2/c1-12-2-3-13(10-19-12)15-5-9-22-20(15)16(21)14-4-8-18-11-17(14)6-7-17/h2-3,10,14-15,18H,4-9,11H2,1H3/t14?,15-/m0/s1. The molecule has 2 atom stereocenters. The first kappa shape index (κ1) is 14.2. The fraction of sp³-hybridized carbons (Fsp3) is 0.647. The summed E-state index contributed by atoms with van der Waals surface area (Å²) < 4.78 is 0. The molecule has 5 heteroatoms. The minimum Gasteiger partial charge on any atom is -0.316 e. The van der Waals surface area contributed by atoms with E-state index in [1.165, 1.54) is 12.8 Å². The van der Waals surface area contributed by atoms with Crippen LogP contribution in [0.1, 0.15) is 43.0 Å². The molecule has 1 amide bonds. The van der Waals surface area contributed by atoms with E-state index in [-0.39, 0.29) is 23.3 Å². The van der Waals surface area contributed by atoms with E-state index in [1.54, 1.807) is 5.06 Å². The van der Waals surface area contributed by atoms with E-state index in [9.17, 15) is 4.79 Å². The van der Waals surface area contributed by atoms with Crippen LogP contribution in [0.25, 0.3) is 0 Å². The molecule has 1 aromatic rings. The smallest absolute Gasteiger partial charge is 0.250 e. The largest absolute Gasteiger partial charge is 0.316 e. The lowest BCUT2D eigenvalue weighted by Crippen LogP contribution is -2.46. The van der Waals surface area contributed by atoms with Crippen LogP contribution in [-0.4, -0.2) is 35.7 Å². The first-order chi connectivity index (χ1) is 10.7. The zero-order valence-electron chi connectivity index (χ0n) is 13.0. The highest BCUT2D eigenvalue weighted by Gasteiger charge is 2.55. The zero-order valence-corrected chi connectivity index (χ0v) is 13.0. The van der Waals surface area contributed by atoms with Crippen LogP contribution in [0, 0.1) is 18.3 Å². The molecule has 3 aliphatic rings. The maximum atomic E-state index is 13.1. The summed E-state index contributed by atoms with van der Waals surface area (Å²) >= 11 is 0. The van der Waals surface area contributed by atoms with Crippen LogP contribution in [0.3, 0.4) is 0 Å². The summed E-state index contributed by atoms with van der Waals surface area (Å²) in [5, 5.41) is 5.10. The predicted octanol–water partition coefficient (Wildman–Crippen LogP) is 1.98. The Morgan fingerprint density at radius 2 is 2.27 bits per heavy atom. The van der Waals surface area contributed by atoms with Gasteiger partial charge in [-0.05, 0) is 49.8 Å². The molecule has 0 radical (unpaired) electrons. The minimum atomic E-state index is 0.0197. The van der Waals surface area contributed by atoms with Gasteiger partial charge in [0.25, 0.3) is 0 Å². The average Bonchev–Trinajstić information content (AvgIpc) is 3.12. The molecule has 1 spiro atoms. The third-order valence-electron chi connectivity index (χ3n) is 5.46. The van der Waals surface area contributed by atoms with Crippen molar-refractivity contribution in [2.45, 2.75) is 38.6 Å². The number of amides is 1. The van der Waals surface area contributed by atoms with Crippen molar-refractivity contribution in [3.05, 3.63) is 29.6 Å². The van der Waals surface area contributed by atoms with Crippen LogP contribution >= 0.6 is 0 Å². The van der Waals surface area contributed by atoms with Crippen LogP contribution in [0.4, 0.5) is 0 Å². The number of aromatic nitrogens is 1. The molecule has 1 aliphatic carbocycles. The van der Waals surface area contributed by atoms with Crippen LogP contribution in [0.5, 0.6) is 0 Å². The van der Waals surface area contributed by atoms with Gasteiger partial charge in [-0.2, -0.15) is 0 Å². The second-order valence-corrected chi connectivity index (χ2v) is 6.92. The number of hydroxylamine groups is 2. The van der Waals surface area contributed by atoms with Crippen LogP contribution in [0.2, 0.25) is 0 Å². The second kappa shape index (κ2) is 5.32. The SMILES string of the molecule is Cc1ccc([C@@H]2CCON2C(=O)C2CCNCC23CC3)cn1. The lowest BCUT2D eigenvalue weighted by molar-refractivity contribution is -0.185. The first-order valence-electron chi connectivity index (χ1n) is 8.29. The van der Waals surface area contributed by atoms with Crippen molar-refractivity contribution in [1.82, 2.24) is 15.4 Å². The van der Waals surface area contributed by atoms with Gasteiger partial charge in [-0.15, -0.1) is 0 Å². The molecule has 0 bridgehead atoms. The van der Waals surface area contributed by atoms with Crippen LogP contribution in [0.15, 0.2) is 18.3 Å². The van der Waals surface area contributed by atoms with Gasteiger partial charge in [-0.3, -0.25) is 14.6 Å². The van der Waals surface area contributed by atoms with Gasteiger partial charge in [-0.1, -0.05) is 6.07 Å².